The van der Waals surface area contributed by atoms with Gasteiger partial charge in [0.25, 0.3) is 0 Å². The van der Waals surface area contributed by atoms with Crippen LogP contribution in [-0.2, 0) is 0 Å². The van der Waals surface area contributed by atoms with E-state index in [4.69, 9.17) is 0 Å². The fourth-order valence-electron chi connectivity index (χ4n) is 0. The van der Waals surface area contributed by atoms with Crippen LogP contribution in [-0.4, -0.2) is 48.6 Å². The summed E-state index contributed by atoms with van der Waals surface area (Å²) in [5, 5.41) is 0. The third kappa shape index (κ3) is 44.8. The van der Waals surface area contributed by atoms with Crippen LogP contribution in [0.1, 0.15) is 0 Å². The Bertz CT molecular complexity index is 17.7. The first kappa shape index (κ1) is 22.4. The summed E-state index contributed by atoms with van der Waals surface area (Å²) in [5.41, 5.74) is 0. The van der Waals surface area contributed by atoms with Crippen LogP contribution in [0.15, 0.2) is 0 Å². The topological polar surface area (TPSA) is 60.0 Å². The van der Waals surface area contributed by atoms with Crippen molar-refractivity contribution in [2.45, 2.75) is -0.0619 Å². The molecule has 0 radical (unpaired) electrons. The van der Waals surface area contributed by atoms with Crippen LogP contribution in [0.3, 0.4) is 0 Å². The quantitative estimate of drug-likeness (QED) is 0.310. The van der Waals surface area contributed by atoms with Crippen molar-refractivity contribution < 1.29 is 11.0 Å². The Hall–Kier alpha value is 3.37. The predicted octanol–water partition coefficient (Wildman–Crippen LogP) is 1.84. The summed E-state index contributed by atoms with van der Waals surface area (Å²) >= 11 is 6.95. The van der Waals surface area contributed by atoms with Crippen molar-refractivity contribution in [3.8, 4) is 0 Å². The van der Waals surface area contributed by atoms with Crippen LogP contribution in [0.2, 0.25) is 0 Å². The Morgan fingerprint density at radius 1 is 0.857 bits per heavy atom. The molecular formula is CH3CaI3O2. The standard InChI is InChI=1S/CHI3.Ca.2H2O/c2-1(3)4;;;/h1H;;2*1H2/q;+2;;/p-2. The van der Waals surface area contributed by atoms with E-state index in [1.54, 1.807) is 0 Å². The first-order valence-corrected chi connectivity index (χ1v) is 4.39. The molecule has 0 aliphatic heterocycles. The fourth-order valence-corrected chi connectivity index (χ4v) is 0. The maximum absolute atomic E-state index is 2.32. The molecule has 0 spiro atoms. The molecule has 0 rings (SSSR count). The van der Waals surface area contributed by atoms with E-state index < -0.39 is 0 Å². The van der Waals surface area contributed by atoms with Crippen molar-refractivity contribution in [2.75, 3.05) is 0 Å². The van der Waals surface area contributed by atoms with Crippen molar-refractivity contribution in [1.82, 2.24) is 0 Å². The van der Waals surface area contributed by atoms with E-state index in [0.29, 0.717) is 0 Å². The number of rotatable bonds is 0. The van der Waals surface area contributed by atoms with Crippen molar-refractivity contribution in [3.63, 3.8) is 0 Å². The average Bonchev–Trinajstić information content (AvgIpc) is 0.811. The third-order valence-corrected chi connectivity index (χ3v) is 0. The van der Waals surface area contributed by atoms with Gasteiger partial charge in [0.15, 0.2) is 0 Å². The Kier molecular flexibility index (Phi) is 51.9. The zero-order valence-electron chi connectivity index (χ0n) is 3.31. The third-order valence-electron chi connectivity index (χ3n) is 0. The zero-order valence-corrected chi connectivity index (χ0v) is 12.0. The molecule has 7 heavy (non-hydrogen) atoms. The molecule has 0 amide bonds. The predicted molar refractivity (Wildman–Crippen MR) is 55.5 cm³/mol. The number of alkyl halides is 3. The molecular weight excluding hydrogens is 465 g/mol. The van der Waals surface area contributed by atoms with Crippen molar-refractivity contribution in [2.24, 2.45) is 0 Å². The molecule has 0 bridgehead atoms. The van der Waals surface area contributed by atoms with Crippen LogP contribution in [0.4, 0.5) is 0 Å². The molecule has 0 unspecified atom stereocenters. The van der Waals surface area contributed by atoms with Gasteiger partial charge in [0.2, 0.25) is 0 Å². The van der Waals surface area contributed by atoms with Crippen LogP contribution in [0.25, 0.3) is 0 Å². The first-order chi connectivity index (χ1) is 1.73. The van der Waals surface area contributed by atoms with E-state index in [1.165, 1.54) is 0 Å². The Morgan fingerprint density at radius 2 is 0.857 bits per heavy atom. The number of halogens is 3. The van der Waals surface area contributed by atoms with E-state index in [9.17, 15) is 0 Å². The van der Waals surface area contributed by atoms with Gasteiger partial charge in [0, 0.05) is 0 Å². The van der Waals surface area contributed by atoms with Gasteiger partial charge in [-0.25, -0.2) is 0 Å². The number of hydrogen-bond acceptors (Lipinski definition) is 2. The van der Waals surface area contributed by atoms with Crippen LogP contribution in [0.5, 0.6) is 0 Å². The molecule has 0 fully saturated rings. The summed E-state index contributed by atoms with van der Waals surface area (Å²) in [4.78, 5) is 0. The smallest absolute Gasteiger partial charge is 0.870 e. The van der Waals surface area contributed by atoms with Gasteiger partial charge in [-0.2, -0.15) is 0 Å². The van der Waals surface area contributed by atoms with Crippen molar-refractivity contribution in [3.05, 3.63) is 0 Å². The van der Waals surface area contributed by atoms with Gasteiger partial charge < -0.3 is 11.0 Å². The largest absolute Gasteiger partial charge is 2.00 e. The molecule has 6 heteroatoms. The molecule has 0 atom stereocenters. The molecule has 0 saturated carbocycles. The average molecular weight is 468 g/mol. The summed E-state index contributed by atoms with van der Waals surface area (Å²) < 4.78 is 0.743. The van der Waals surface area contributed by atoms with Gasteiger partial charge in [-0.15, -0.1) is 0 Å². The molecule has 2 N–H and O–H groups in total. The second-order valence-corrected chi connectivity index (χ2v) is 11.1. The van der Waals surface area contributed by atoms with E-state index >= 15 is 0 Å². The molecule has 0 heterocycles. The summed E-state index contributed by atoms with van der Waals surface area (Å²) in [5.74, 6) is 0. The van der Waals surface area contributed by atoms with Crippen molar-refractivity contribution in [1.29, 1.82) is 0 Å². The minimum atomic E-state index is 0. The van der Waals surface area contributed by atoms with E-state index in [1.807, 2.05) is 0 Å². The van der Waals surface area contributed by atoms with Crippen LogP contribution >= 0.6 is 67.8 Å². The maximum atomic E-state index is 2.32. The SMILES string of the molecule is IC(I)I.[Ca+2].[OH-].[OH-]. The minimum absolute atomic E-state index is 0. The molecule has 0 aliphatic carbocycles. The Labute approximate surface area is 114 Å². The minimum Gasteiger partial charge on any atom is -0.870 e. The molecule has 0 aromatic carbocycles. The van der Waals surface area contributed by atoms with Gasteiger partial charge in [-0.05, 0) is 0 Å². The van der Waals surface area contributed by atoms with Gasteiger partial charge >= 0.3 is 37.7 Å². The Balaban J connectivity index is -0.0000000150. The fraction of sp³-hybridized carbons (Fsp3) is 1.00. The summed E-state index contributed by atoms with van der Waals surface area (Å²) in [6.07, 6.45) is 0. The summed E-state index contributed by atoms with van der Waals surface area (Å²) in [6.45, 7) is 0. The van der Waals surface area contributed by atoms with E-state index in [2.05, 4.69) is 67.8 Å². The normalized spacial score (nSPS) is 5.14. The molecule has 0 saturated heterocycles. The van der Waals surface area contributed by atoms with Crippen molar-refractivity contribution >= 4 is 106 Å². The molecule has 0 aromatic rings. The van der Waals surface area contributed by atoms with E-state index in [0.717, 1.165) is -0.0619 Å². The van der Waals surface area contributed by atoms with Gasteiger partial charge in [0.05, 0.1) is 0 Å². The second-order valence-electron chi connectivity index (χ2n) is 0.247. The molecule has 0 aliphatic rings. The summed E-state index contributed by atoms with van der Waals surface area (Å²) in [7, 11) is 0. The van der Waals surface area contributed by atoms with Gasteiger partial charge in [-0.1, -0.05) is 67.8 Å². The van der Waals surface area contributed by atoms with Crippen LogP contribution < -0.4 is 0 Å². The zero-order chi connectivity index (χ0) is 3.58. The molecule has 42 valence electrons. The van der Waals surface area contributed by atoms with Gasteiger partial charge in [-0.3, -0.25) is 0 Å². The van der Waals surface area contributed by atoms with Gasteiger partial charge in [0.1, 0.15) is -0.0619 Å². The monoisotopic (exact) mass is 468 g/mol. The summed E-state index contributed by atoms with van der Waals surface area (Å²) in [6, 6.07) is 0. The van der Waals surface area contributed by atoms with E-state index in [-0.39, 0.29) is 48.7 Å². The maximum Gasteiger partial charge on any atom is 2.00 e. The van der Waals surface area contributed by atoms with Crippen LogP contribution in [0, 0.1) is 0 Å². The molecule has 0 aromatic heterocycles. The number of hydrogen-bond donors (Lipinski definition) is 0. The Morgan fingerprint density at radius 3 is 0.857 bits per heavy atom. The first-order valence-electron chi connectivity index (χ1n) is 0.655. The second kappa shape index (κ2) is 16.2. The molecule has 2 nitrogen and oxygen atoms in total.